The Morgan fingerprint density at radius 3 is 2.41 bits per heavy atom. The lowest BCUT2D eigenvalue weighted by Crippen LogP contribution is -2.49. The normalized spacial score (nSPS) is 14.6. The van der Waals surface area contributed by atoms with Crippen LogP contribution in [0.4, 0.5) is 10.6 Å². The predicted molar refractivity (Wildman–Crippen MR) is 105 cm³/mol. The number of carbonyl (C=O) groups excluding carboxylic acids is 1. The lowest BCUT2D eigenvalue weighted by Gasteiger charge is -2.35. The third-order valence-corrected chi connectivity index (χ3v) is 4.63. The first-order valence-electron chi connectivity index (χ1n) is 9.21. The third kappa shape index (κ3) is 4.18. The van der Waals surface area contributed by atoms with Crippen LogP contribution in [0.3, 0.4) is 0 Å². The topological polar surface area (TPSA) is 64.1 Å². The zero-order chi connectivity index (χ0) is 19.4. The van der Waals surface area contributed by atoms with E-state index in [1.807, 2.05) is 32.0 Å². The van der Waals surface area contributed by atoms with Crippen LogP contribution in [0.5, 0.6) is 11.5 Å². The van der Waals surface area contributed by atoms with Gasteiger partial charge in [-0.15, -0.1) is 0 Å². The van der Waals surface area contributed by atoms with Crippen LogP contribution in [-0.2, 0) is 4.74 Å². The molecule has 0 N–H and O–H groups in total. The summed E-state index contributed by atoms with van der Waals surface area (Å²) in [5.41, 5.74) is 0. The molecule has 1 amide bonds. The molecule has 1 aromatic heterocycles. The molecule has 1 aliphatic rings. The molecule has 1 saturated heterocycles. The van der Waals surface area contributed by atoms with E-state index < -0.39 is 0 Å². The fourth-order valence-corrected chi connectivity index (χ4v) is 3.17. The number of aromatic nitrogens is 1. The zero-order valence-corrected chi connectivity index (χ0v) is 16.4. The highest BCUT2D eigenvalue weighted by atomic mass is 16.6. The third-order valence-electron chi connectivity index (χ3n) is 4.63. The van der Waals surface area contributed by atoms with Gasteiger partial charge in [0, 0.05) is 37.8 Å². The van der Waals surface area contributed by atoms with Gasteiger partial charge in [0.15, 0.2) is 11.5 Å². The minimum absolute atomic E-state index is 0.236. The molecule has 0 spiro atoms. The van der Waals surface area contributed by atoms with Gasteiger partial charge in [-0.3, -0.25) is 0 Å². The van der Waals surface area contributed by atoms with Crippen LogP contribution in [0, 0.1) is 5.92 Å². The smallest absolute Gasteiger partial charge is 0.409 e. The number of hydrogen-bond acceptors (Lipinski definition) is 6. The van der Waals surface area contributed by atoms with E-state index in [4.69, 9.17) is 14.2 Å². The van der Waals surface area contributed by atoms with Crippen molar-refractivity contribution in [3.05, 3.63) is 24.4 Å². The number of fused-ring (bicyclic) bond motifs is 1. The van der Waals surface area contributed by atoms with Crippen LogP contribution < -0.4 is 14.4 Å². The van der Waals surface area contributed by atoms with Gasteiger partial charge in [-0.1, -0.05) is 13.8 Å². The predicted octanol–water partition coefficient (Wildman–Crippen LogP) is 3.17. The van der Waals surface area contributed by atoms with Crippen molar-refractivity contribution in [2.75, 3.05) is 51.9 Å². The van der Waals surface area contributed by atoms with Gasteiger partial charge >= 0.3 is 6.09 Å². The van der Waals surface area contributed by atoms with E-state index in [0.29, 0.717) is 50.2 Å². The van der Waals surface area contributed by atoms with Gasteiger partial charge in [-0.05, 0) is 29.5 Å². The molecule has 0 aliphatic carbocycles. The number of anilines is 1. The van der Waals surface area contributed by atoms with Crippen LogP contribution in [-0.4, -0.2) is 63.0 Å². The van der Waals surface area contributed by atoms with E-state index in [1.165, 1.54) is 0 Å². The highest BCUT2D eigenvalue weighted by molar-refractivity contribution is 5.94. The van der Waals surface area contributed by atoms with E-state index >= 15 is 0 Å². The van der Waals surface area contributed by atoms with E-state index in [9.17, 15) is 4.79 Å². The van der Waals surface area contributed by atoms with Crippen LogP contribution in [0.1, 0.15) is 13.8 Å². The monoisotopic (exact) mass is 373 g/mol. The second kappa shape index (κ2) is 8.33. The van der Waals surface area contributed by atoms with E-state index in [1.54, 1.807) is 25.3 Å². The Morgan fingerprint density at radius 1 is 1.11 bits per heavy atom. The van der Waals surface area contributed by atoms with E-state index in [0.717, 1.165) is 16.6 Å². The molecule has 7 heteroatoms. The van der Waals surface area contributed by atoms with Crippen molar-refractivity contribution in [2.24, 2.45) is 5.92 Å². The number of amides is 1. The summed E-state index contributed by atoms with van der Waals surface area (Å²) in [6.07, 6.45) is 1.56. The second-order valence-corrected chi connectivity index (χ2v) is 7.01. The van der Waals surface area contributed by atoms with Crippen LogP contribution in [0.2, 0.25) is 0 Å². The highest BCUT2D eigenvalue weighted by Gasteiger charge is 2.24. The lowest BCUT2D eigenvalue weighted by molar-refractivity contribution is 0.0901. The molecular formula is C20H27N3O4. The summed E-state index contributed by atoms with van der Waals surface area (Å²) in [7, 11) is 3.25. The number of benzene rings is 1. The number of nitrogens with zero attached hydrogens (tertiary/aromatic N) is 3. The van der Waals surface area contributed by atoms with Crippen molar-refractivity contribution >= 4 is 22.7 Å². The standard InChI is InChI=1S/C20H27N3O4/c1-14(2)13-27-20(24)23-9-7-22(8-10-23)19-16-12-18(26-4)17(25-3)11-15(16)5-6-21-19/h5-6,11-12,14H,7-10,13H2,1-4H3. The first-order chi connectivity index (χ1) is 13.0. The van der Waals surface area contributed by atoms with Gasteiger partial charge in [-0.25, -0.2) is 9.78 Å². The largest absolute Gasteiger partial charge is 0.493 e. The van der Waals surface area contributed by atoms with E-state index in [2.05, 4.69) is 9.88 Å². The van der Waals surface area contributed by atoms with Gasteiger partial charge in [-0.2, -0.15) is 0 Å². The molecule has 1 aromatic carbocycles. The molecule has 0 bridgehead atoms. The molecule has 27 heavy (non-hydrogen) atoms. The maximum absolute atomic E-state index is 12.2. The summed E-state index contributed by atoms with van der Waals surface area (Å²) >= 11 is 0. The van der Waals surface area contributed by atoms with Crippen molar-refractivity contribution < 1.29 is 19.0 Å². The maximum atomic E-state index is 12.2. The lowest BCUT2D eigenvalue weighted by atomic mass is 10.1. The molecule has 0 radical (unpaired) electrons. The Balaban J connectivity index is 1.76. The van der Waals surface area contributed by atoms with E-state index in [-0.39, 0.29) is 6.09 Å². The SMILES string of the molecule is COc1cc2ccnc(N3CCN(C(=O)OCC(C)C)CC3)c2cc1OC. The van der Waals surface area contributed by atoms with Crippen LogP contribution >= 0.6 is 0 Å². The fourth-order valence-electron chi connectivity index (χ4n) is 3.17. The van der Waals surface area contributed by atoms with Gasteiger partial charge in [0.1, 0.15) is 5.82 Å². The summed E-state index contributed by atoms with van der Waals surface area (Å²) in [4.78, 5) is 20.7. The first-order valence-corrected chi connectivity index (χ1v) is 9.21. The summed E-state index contributed by atoms with van der Waals surface area (Å²) in [5.74, 6) is 2.60. The molecule has 0 saturated carbocycles. The Kier molecular flexibility index (Phi) is 5.88. The highest BCUT2D eigenvalue weighted by Crippen LogP contribution is 2.35. The molecular weight excluding hydrogens is 346 g/mol. The number of piperazine rings is 1. The van der Waals surface area contributed by atoms with Crippen LogP contribution in [0.15, 0.2) is 24.4 Å². The Bertz CT molecular complexity index is 801. The molecule has 7 nitrogen and oxygen atoms in total. The first kappa shape index (κ1) is 19.1. The van der Waals surface area contributed by atoms with Gasteiger partial charge in [0.2, 0.25) is 0 Å². The van der Waals surface area contributed by atoms with Gasteiger partial charge in [0.25, 0.3) is 0 Å². The molecule has 2 aromatic rings. The summed E-state index contributed by atoms with van der Waals surface area (Å²) in [6, 6.07) is 5.87. The molecule has 0 atom stereocenters. The molecule has 3 rings (SSSR count). The Hall–Kier alpha value is -2.70. The average Bonchev–Trinajstić information content (AvgIpc) is 2.70. The maximum Gasteiger partial charge on any atom is 0.409 e. The molecule has 1 fully saturated rings. The van der Waals surface area contributed by atoms with Gasteiger partial charge in [0.05, 0.1) is 20.8 Å². The number of rotatable bonds is 5. The molecule has 146 valence electrons. The van der Waals surface area contributed by atoms with Crippen LogP contribution in [0.25, 0.3) is 10.8 Å². The summed E-state index contributed by atoms with van der Waals surface area (Å²) in [6.45, 7) is 7.14. The minimum Gasteiger partial charge on any atom is -0.493 e. The minimum atomic E-state index is -0.236. The molecule has 2 heterocycles. The summed E-state index contributed by atoms with van der Waals surface area (Å²) in [5, 5.41) is 2.04. The number of ether oxygens (including phenoxy) is 3. The molecule has 0 unspecified atom stereocenters. The quantitative estimate of drug-likeness (QED) is 0.802. The molecule has 1 aliphatic heterocycles. The van der Waals surface area contributed by atoms with Crippen molar-refractivity contribution in [1.29, 1.82) is 0 Å². The van der Waals surface area contributed by atoms with Crippen molar-refractivity contribution in [1.82, 2.24) is 9.88 Å². The van der Waals surface area contributed by atoms with Gasteiger partial charge < -0.3 is 24.0 Å². The summed E-state index contributed by atoms with van der Waals surface area (Å²) < 4.78 is 16.2. The van der Waals surface area contributed by atoms with Crippen molar-refractivity contribution in [3.63, 3.8) is 0 Å². The zero-order valence-electron chi connectivity index (χ0n) is 16.4. The van der Waals surface area contributed by atoms with Crippen molar-refractivity contribution in [3.8, 4) is 11.5 Å². The number of hydrogen-bond donors (Lipinski definition) is 0. The number of methoxy groups -OCH3 is 2. The Morgan fingerprint density at radius 2 is 1.78 bits per heavy atom. The Labute approximate surface area is 159 Å². The average molecular weight is 373 g/mol. The number of pyridine rings is 1. The van der Waals surface area contributed by atoms with Crippen molar-refractivity contribution in [2.45, 2.75) is 13.8 Å². The number of carbonyl (C=O) groups is 1. The fraction of sp³-hybridized carbons (Fsp3) is 0.500. The second-order valence-electron chi connectivity index (χ2n) is 7.01.